The number of likely N-dealkylation sites (tertiary alicyclic amines) is 1. The maximum absolute atomic E-state index is 12.4. The number of nitrogens with one attached hydrogen (secondary N) is 1. The van der Waals surface area contributed by atoms with Crippen LogP contribution in [0.1, 0.15) is 12.8 Å². The first-order valence-corrected chi connectivity index (χ1v) is 11.8. The molecule has 10 heteroatoms. The quantitative estimate of drug-likeness (QED) is 0.722. The summed E-state index contributed by atoms with van der Waals surface area (Å²) >= 11 is 3.24. The van der Waals surface area contributed by atoms with Crippen LogP contribution in [0.3, 0.4) is 0 Å². The zero-order chi connectivity index (χ0) is 19.7. The number of nitrogens with zero attached hydrogens (tertiary/aromatic N) is 2. The molecular weight excluding hydrogens is 454 g/mol. The van der Waals surface area contributed by atoms with Crippen LogP contribution in [0.2, 0.25) is 0 Å². The lowest BCUT2D eigenvalue weighted by atomic mass is 10.3. The van der Waals surface area contributed by atoms with Crippen LogP contribution in [-0.2, 0) is 20.0 Å². The van der Waals surface area contributed by atoms with E-state index in [-0.39, 0.29) is 15.5 Å². The summed E-state index contributed by atoms with van der Waals surface area (Å²) in [5.74, 6) is 0.537. The van der Waals surface area contributed by atoms with Crippen molar-refractivity contribution in [2.45, 2.75) is 22.6 Å². The topological polar surface area (TPSA) is 95.9 Å². The van der Waals surface area contributed by atoms with E-state index in [0.717, 1.165) is 13.0 Å². The monoisotopic (exact) mass is 471 g/mol. The van der Waals surface area contributed by atoms with Gasteiger partial charge in [0, 0.05) is 30.2 Å². The second-order valence-electron chi connectivity index (χ2n) is 6.09. The van der Waals surface area contributed by atoms with E-state index in [1.807, 2.05) is 4.90 Å². The maximum Gasteiger partial charge on any atom is 0.283 e. The number of benzene rings is 2. The van der Waals surface area contributed by atoms with Gasteiger partial charge in [0.1, 0.15) is 5.84 Å². The lowest BCUT2D eigenvalue weighted by Crippen LogP contribution is -2.20. The Kier molecular flexibility index (Phi) is 5.59. The van der Waals surface area contributed by atoms with E-state index >= 15 is 0 Å². The van der Waals surface area contributed by atoms with Gasteiger partial charge in [0.05, 0.1) is 9.79 Å². The summed E-state index contributed by atoms with van der Waals surface area (Å²) in [5.41, 5.74) is 0.263. The molecular formula is C17H18BrN3O4S2. The van der Waals surface area contributed by atoms with Crippen molar-refractivity contribution in [2.24, 2.45) is 4.40 Å². The molecule has 2 aromatic carbocycles. The van der Waals surface area contributed by atoms with Gasteiger partial charge in [-0.3, -0.25) is 4.72 Å². The molecule has 1 saturated heterocycles. The van der Waals surface area contributed by atoms with Crippen LogP contribution < -0.4 is 4.72 Å². The third-order valence-electron chi connectivity index (χ3n) is 4.07. The summed E-state index contributed by atoms with van der Waals surface area (Å²) in [4.78, 5) is 1.93. The van der Waals surface area contributed by atoms with Crippen molar-refractivity contribution in [3.63, 3.8) is 0 Å². The Labute approximate surface area is 167 Å². The molecule has 0 aromatic heterocycles. The minimum atomic E-state index is -3.83. The van der Waals surface area contributed by atoms with E-state index in [1.54, 1.807) is 19.2 Å². The first-order chi connectivity index (χ1) is 12.7. The molecule has 0 atom stereocenters. The van der Waals surface area contributed by atoms with Crippen molar-refractivity contribution in [2.75, 3.05) is 18.3 Å². The Morgan fingerprint density at radius 3 is 2.33 bits per heavy atom. The number of hydrogen-bond acceptors (Lipinski definition) is 4. The summed E-state index contributed by atoms with van der Waals surface area (Å²) in [5, 5.41) is 0. The number of hydrogen-bond donors (Lipinski definition) is 1. The molecule has 0 aliphatic carbocycles. The molecule has 7 nitrogen and oxygen atoms in total. The molecule has 0 unspecified atom stereocenters. The number of rotatable bonds is 5. The van der Waals surface area contributed by atoms with Gasteiger partial charge in [-0.1, -0.05) is 22.0 Å². The fraction of sp³-hybridized carbons (Fsp3) is 0.235. The Hall–Kier alpha value is -1.91. The fourth-order valence-corrected chi connectivity index (χ4v) is 5.39. The smallest absolute Gasteiger partial charge is 0.283 e. The average molecular weight is 472 g/mol. The molecule has 1 heterocycles. The van der Waals surface area contributed by atoms with Gasteiger partial charge in [0.15, 0.2) is 0 Å². The van der Waals surface area contributed by atoms with Crippen molar-refractivity contribution in [1.29, 1.82) is 0 Å². The molecule has 0 radical (unpaired) electrons. The summed E-state index contributed by atoms with van der Waals surface area (Å²) in [6.07, 6.45) is 1.50. The standard InChI is InChI=1S/C17H18BrN3O4S2/c1-21-11-3-6-17(21)20-26(22,23)15-9-7-14(8-10-15)19-27(24,25)16-5-2-4-13(18)12-16/h2,4-5,7-10,12,19H,3,6,11H2,1H3/b20-17+. The minimum absolute atomic E-state index is 0.0145. The fourth-order valence-electron chi connectivity index (χ4n) is 2.64. The van der Waals surface area contributed by atoms with Crippen LogP contribution in [0.5, 0.6) is 0 Å². The van der Waals surface area contributed by atoms with Crippen LogP contribution in [0.15, 0.2) is 67.2 Å². The molecule has 1 N–H and O–H groups in total. The third-order valence-corrected chi connectivity index (χ3v) is 7.26. The summed E-state index contributed by atoms with van der Waals surface area (Å²) < 4.78 is 56.7. The van der Waals surface area contributed by atoms with Crippen molar-refractivity contribution < 1.29 is 16.8 Å². The summed E-state index contributed by atoms with van der Waals surface area (Å²) in [6.45, 7) is 0.782. The van der Waals surface area contributed by atoms with Gasteiger partial charge in [0.25, 0.3) is 20.0 Å². The second-order valence-corrected chi connectivity index (χ2v) is 10.3. The highest BCUT2D eigenvalue weighted by Crippen LogP contribution is 2.22. The number of anilines is 1. The third kappa shape index (κ3) is 4.69. The molecule has 0 spiro atoms. The minimum Gasteiger partial charge on any atom is -0.362 e. The first-order valence-electron chi connectivity index (χ1n) is 8.11. The van der Waals surface area contributed by atoms with Crippen molar-refractivity contribution in [3.8, 4) is 0 Å². The van der Waals surface area contributed by atoms with Crippen LogP contribution in [0.25, 0.3) is 0 Å². The van der Waals surface area contributed by atoms with Gasteiger partial charge in [0.2, 0.25) is 0 Å². The highest BCUT2D eigenvalue weighted by atomic mass is 79.9. The summed E-state index contributed by atoms with van der Waals surface area (Å²) in [7, 11) is -5.80. The largest absolute Gasteiger partial charge is 0.362 e. The van der Waals surface area contributed by atoms with Gasteiger partial charge in [-0.25, -0.2) is 8.42 Å². The van der Waals surface area contributed by atoms with Crippen molar-refractivity contribution >= 4 is 47.5 Å². The van der Waals surface area contributed by atoms with Crippen LogP contribution in [0, 0.1) is 0 Å². The molecule has 1 aliphatic heterocycles. The predicted octanol–water partition coefficient (Wildman–Crippen LogP) is 3.06. The Balaban J connectivity index is 1.81. The zero-order valence-corrected chi connectivity index (χ0v) is 17.7. The number of halogens is 1. The lowest BCUT2D eigenvalue weighted by molar-refractivity contribution is 0.548. The summed E-state index contributed by atoms with van der Waals surface area (Å²) in [6, 6.07) is 11.8. The maximum atomic E-state index is 12.4. The van der Waals surface area contributed by atoms with E-state index in [4.69, 9.17) is 0 Å². The van der Waals surface area contributed by atoms with E-state index in [9.17, 15) is 16.8 Å². The predicted molar refractivity (Wildman–Crippen MR) is 108 cm³/mol. The molecule has 2 aromatic rings. The van der Waals surface area contributed by atoms with Gasteiger partial charge in [-0.05, 0) is 48.9 Å². The number of amidine groups is 1. The molecule has 3 rings (SSSR count). The van der Waals surface area contributed by atoms with Crippen LogP contribution in [0.4, 0.5) is 5.69 Å². The average Bonchev–Trinajstić information content (AvgIpc) is 2.99. The Bertz CT molecular complexity index is 1080. The van der Waals surface area contributed by atoms with E-state index in [1.165, 1.54) is 36.4 Å². The Morgan fingerprint density at radius 1 is 1.04 bits per heavy atom. The van der Waals surface area contributed by atoms with Gasteiger partial charge >= 0.3 is 0 Å². The number of sulfonamides is 2. The van der Waals surface area contributed by atoms with Gasteiger partial charge in [-0.15, -0.1) is 4.40 Å². The van der Waals surface area contributed by atoms with Gasteiger partial charge in [-0.2, -0.15) is 8.42 Å². The van der Waals surface area contributed by atoms with E-state index < -0.39 is 20.0 Å². The molecule has 144 valence electrons. The highest BCUT2D eigenvalue weighted by Gasteiger charge is 2.20. The SMILES string of the molecule is CN1CCC/C1=N\S(=O)(=O)c1ccc(NS(=O)(=O)c2cccc(Br)c2)cc1. The molecule has 0 amide bonds. The van der Waals surface area contributed by atoms with Crippen molar-refractivity contribution in [1.82, 2.24) is 4.90 Å². The molecule has 0 bridgehead atoms. The van der Waals surface area contributed by atoms with E-state index in [0.29, 0.717) is 16.7 Å². The second kappa shape index (κ2) is 7.61. The van der Waals surface area contributed by atoms with Crippen molar-refractivity contribution in [3.05, 3.63) is 53.0 Å². The van der Waals surface area contributed by atoms with Gasteiger partial charge < -0.3 is 4.90 Å². The molecule has 0 saturated carbocycles. The molecule has 1 aliphatic rings. The molecule has 27 heavy (non-hydrogen) atoms. The molecule has 1 fully saturated rings. The van der Waals surface area contributed by atoms with E-state index in [2.05, 4.69) is 25.0 Å². The van der Waals surface area contributed by atoms with Crippen LogP contribution in [-0.4, -0.2) is 41.2 Å². The zero-order valence-electron chi connectivity index (χ0n) is 14.5. The Morgan fingerprint density at radius 2 is 1.74 bits per heavy atom. The normalized spacial score (nSPS) is 16.7. The van der Waals surface area contributed by atoms with Crippen LogP contribution >= 0.6 is 15.9 Å². The first kappa shape index (κ1) is 19.8. The lowest BCUT2D eigenvalue weighted by Gasteiger charge is -2.11. The highest BCUT2D eigenvalue weighted by molar-refractivity contribution is 9.10.